The Kier molecular flexibility index (Phi) is 4.42. The summed E-state index contributed by atoms with van der Waals surface area (Å²) in [7, 11) is 1.95. The summed E-state index contributed by atoms with van der Waals surface area (Å²) in [6.07, 6.45) is 7.87. The van der Waals surface area contributed by atoms with E-state index in [-0.39, 0.29) is 0 Å². The Morgan fingerprint density at radius 1 is 1.65 bits per heavy atom. The van der Waals surface area contributed by atoms with E-state index < -0.39 is 0 Å². The first kappa shape index (κ1) is 12.4. The summed E-state index contributed by atoms with van der Waals surface area (Å²) in [6.45, 7) is 5.83. The molecule has 1 fully saturated rings. The van der Waals surface area contributed by atoms with Crippen molar-refractivity contribution in [3.63, 3.8) is 0 Å². The smallest absolute Gasteiger partial charge is 0.0726 e. The predicted octanol–water partition coefficient (Wildman–Crippen LogP) is 1.86. The highest BCUT2D eigenvalue weighted by atomic mass is 15.3. The van der Waals surface area contributed by atoms with Crippen molar-refractivity contribution in [2.45, 2.75) is 26.2 Å². The molecule has 0 amide bonds. The molecule has 2 rings (SSSR count). The minimum Gasteiger partial charge on any atom is -0.383 e. The molecular formula is C13H24N4. The maximum Gasteiger partial charge on any atom is 0.0726 e. The Hall–Kier alpha value is -1.03. The zero-order chi connectivity index (χ0) is 12.1. The molecule has 0 radical (unpaired) electrons. The first-order valence-electron chi connectivity index (χ1n) is 6.69. The summed E-state index contributed by atoms with van der Waals surface area (Å²) in [5.41, 5.74) is 1.13. The molecule has 1 aromatic heterocycles. The molecule has 4 heteroatoms. The number of rotatable bonds is 5. The van der Waals surface area contributed by atoms with Gasteiger partial charge in [0.05, 0.1) is 11.9 Å². The maximum absolute atomic E-state index is 4.15. The number of aromatic nitrogens is 2. The molecule has 2 N–H and O–H groups in total. The lowest BCUT2D eigenvalue weighted by molar-refractivity contribution is 0.272. The van der Waals surface area contributed by atoms with Crippen LogP contribution in [0.4, 0.5) is 5.69 Å². The lowest BCUT2D eigenvalue weighted by Gasteiger charge is -2.28. The van der Waals surface area contributed by atoms with E-state index in [2.05, 4.69) is 22.7 Å². The van der Waals surface area contributed by atoms with Crippen LogP contribution in [-0.4, -0.2) is 29.4 Å². The van der Waals surface area contributed by atoms with Gasteiger partial charge in [-0.3, -0.25) is 4.68 Å². The van der Waals surface area contributed by atoms with Crippen LogP contribution in [0.25, 0.3) is 0 Å². The van der Waals surface area contributed by atoms with Gasteiger partial charge in [0.25, 0.3) is 0 Å². The van der Waals surface area contributed by atoms with E-state index >= 15 is 0 Å². The van der Waals surface area contributed by atoms with Gasteiger partial charge in [-0.05, 0) is 44.2 Å². The highest BCUT2D eigenvalue weighted by molar-refractivity contribution is 5.37. The highest BCUT2D eigenvalue weighted by Gasteiger charge is 2.19. The number of piperidine rings is 1. The second kappa shape index (κ2) is 6.05. The highest BCUT2D eigenvalue weighted by Crippen LogP contribution is 2.22. The standard InChI is InChI=1S/C13H24N4/c1-11(12-4-3-6-14-8-12)5-7-15-13-9-16-17(2)10-13/h9-12,14-15H,3-8H2,1-2H3. The summed E-state index contributed by atoms with van der Waals surface area (Å²) in [5.74, 6) is 1.66. The van der Waals surface area contributed by atoms with E-state index in [1.807, 2.05) is 24.1 Å². The lowest BCUT2D eigenvalue weighted by atomic mass is 9.85. The Morgan fingerprint density at radius 2 is 2.53 bits per heavy atom. The summed E-state index contributed by atoms with van der Waals surface area (Å²) < 4.78 is 1.83. The number of nitrogens with zero attached hydrogens (tertiary/aromatic N) is 2. The quantitative estimate of drug-likeness (QED) is 0.820. The fourth-order valence-electron chi connectivity index (χ4n) is 2.56. The van der Waals surface area contributed by atoms with E-state index in [9.17, 15) is 0 Å². The second-order valence-corrected chi connectivity index (χ2v) is 5.20. The Morgan fingerprint density at radius 3 is 3.18 bits per heavy atom. The van der Waals surface area contributed by atoms with Crippen LogP contribution in [0.2, 0.25) is 0 Å². The first-order valence-corrected chi connectivity index (χ1v) is 6.69. The van der Waals surface area contributed by atoms with Gasteiger partial charge >= 0.3 is 0 Å². The van der Waals surface area contributed by atoms with E-state index in [4.69, 9.17) is 0 Å². The number of hydrogen-bond acceptors (Lipinski definition) is 3. The molecule has 0 saturated carbocycles. The number of hydrogen-bond donors (Lipinski definition) is 2. The Labute approximate surface area is 104 Å². The molecule has 1 aliphatic rings. The topological polar surface area (TPSA) is 41.9 Å². The van der Waals surface area contributed by atoms with Crippen LogP contribution in [0.5, 0.6) is 0 Å². The first-order chi connectivity index (χ1) is 8.25. The number of aryl methyl sites for hydroxylation is 1. The maximum atomic E-state index is 4.15. The van der Waals surface area contributed by atoms with Crippen molar-refractivity contribution >= 4 is 5.69 Å². The van der Waals surface area contributed by atoms with Crippen LogP contribution >= 0.6 is 0 Å². The molecule has 0 aliphatic carbocycles. The molecular weight excluding hydrogens is 212 g/mol. The summed E-state index contributed by atoms with van der Waals surface area (Å²) >= 11 is 0. The van der Waals surface area contributed by atoms with Crippen molar-refractivity contribution in [3.05, 3.63) is 12.4 Å². The third-order valence-corrected chi connectivity index (χ3v) is 3.77. The van der Waals surface area contributed by atoms with E-state index in [0.717, 1.165) is 24.1 Å². The monoisotopic (exact) mass is 236 g/mol. The summed E-state index contributed by atoms with van der Waals surface area (Å²) in [4.78, 5) is 0. The molecule has 2 unspecified atom stereocenters. The average molecular weight is 236 g/mol. The third-order valence-electron chi connectivity index (χ3n) is 3.77. The van der Waals surface area contributed by atoms with Gasteiger partial charge in [-0.15, -0.1) is 0 Å². The average Bonchev–Trinajstić information content (AvgIpc) is 2.76. The Bertz CT molecular complexity index is 328. The fraction of sp³-hybridized carbons (Fsp3) is 0.769. The van der Waals surface area contributed by atoms with Crippen LogP contribution in [0, 0.1) is 11.8 Å². The van der Waals surface area contributed by atoms with Gasteiger partial charge in [-0.1, -0.05) is 6.92 Å². The van der Waals surface area contributed by atoms with Crippen molar-refractivity contribution in [3.8, 4) is 0 Å². The lowest BCUT2D eigenvalue weighted by Crippen LogP contribution is -2.33. The molecule has 0 bridgehead atoms. The van der Waals surface area contributed by atoms with Gasteiger partial charge in [0.15, 0.2) is 0 Å². The van der Waals surface area contributed by atoms with Crippen molar-refractivity contribution < 1.29 is 0 Å². The zero-order valence-electron chi connectivity index (χ0n) is 10.9. The third kappa shape index (κ3) is 3.73. The largest absolute Gasteiger partial charge is 0.383 e. The van der Waals surface area contributed by atoms with Crippen molar-refractivity contribution in [2.24, 2.45) is 18.9 Å². The van der Waals surface area contributed by atoms with E-state index in [1.54, 1.807) is 0 Å². The van der Waals surface area contributed by atoms with Crippen LogP contribution in [0.3, 0.4) is 0 Å². The van der Waals surface area contributed by atoms with Gasteiger partial charge in [-0.2, -0.15) is 5.10 Å². The number of nitrogens with one attached hydrogen (secondary N) is 2. The summed E-state index contributed by atoms with van der Waals surface area (Å²) in [6, 6.07) is 0. The molecule has 4 nitrogen and oxygen atoms in total. The molecule has 1 aromatic rings. The van der Waals surface area contributed by atoms with Crippen LogP contribution in [-0.2, 0) is 7.05 Å². The molecule has 17 heavy (non-hydrogen) atoms. The minimum atomic E-state index is 0.798. The molecule has 0 aromatic carbocycles. The van der Waals surface area contributed by atoms with Gasteiger partial charge in [-0.25, -0.2) is 0 Å². The van der Waals surface area contributed by atoms with Crippen molar-refractivity contribution in [2.75, 3.05) is 25.0 Å². The van der Waals surface area contributed by atoms with Crippen LogP contribution < -0.4 is 10.6 Å². The summed E-state index contributed by atoms with van der Waals surface area (Å²) in [5, 5.41) is 11.1. The van der Waals surface area contributed by atoms with Crippen LogP contribution in [0.15, 0.2) is 12.4 Å². The molecule has 2 atom stereocenters. The molecule has 1 saturated heterocycles. The van der Waals surface area contributed by atoms with Gasteiger partial charge < -0.3 is 10.6 Å². The van der Waals surface area contributed by atoms with Gasteiger partial charge in [0, 0.05) is 19.8 Å². The second-order valence-electron chi connectivity index (χ2n) is 5.20. The molecule has 96 valence electrons. The molecule has 0 spiro atoms. The van der Waals surface area contributed by atoms with E-state index in [0.29, 0.717) is 0 Å². The normalized spacial score (nSPS) is 22.4. The van der Waals surface area contributed by atoms with Crippen molar-refractivity contribution in [1.82, 2.24) is 15.1 Å². The minimum absolute atomic E-state index is 0.798. The SMILES string of the molecule is CC(CCNc1cnn(C)c1)C1CCCNC1. The fourth-order valence-corrected chi connectivity index (χ4v) is 2.56. The number of anilines is 1. The predicted molar refractivity (Wildman–Crippen MR) is 71.1 cm³/mol. The van der Waals surface area contributed by atoms with Crippen LogP contribution in [0.1, 0.15) is 26.2 Å². The van der Waals surface area contributed by atoms with Crippen molar-refractivity contribution in [1.29, 1.82) is 0 Å². The van der Waals surface area contributed by atoms with Gasteiger partial charge in [0.1, 0.15) is 0 Å². The molecule has 2 heterocycles. The zero-order valence-corrected chi connectivity index (χ0v) is 10.9. The molecule has 1 aliphatic heterocycles. The van der Waals surface area contributed by atoms with E-state index in [1.165, 1.54) is 32.4 Å². The van der Waals surface area contributed by atoms with Gasteiger partial charge in [0.2, 0.25) is 0 Å². The Balaban J connectivity index is 1.67.